The summed E-state index contributed by atoms with van der Waals surface area (Å²) >= 11 is 0. The average molecular weight is 435 g/mol. The number of halogens is 2. The molecule has 0 N–H and O–H groups in total. The Morgan fingerprint density at radius 3 is 2.72 bits per heavy atom. The molecule has 7 nitrogen and oxygen atoms in total. The van der Waals surface area contributed by atoms with Gasteiger partial charge in [0, 0.05) is 18.5 Å². The maximum absolute atomic E-state index is 16.2. The van der Waals surface area contributed by atoms with Crippen LogP contribution >= 0.6 is 0 Å². The van der Waals surface area contributed by atoms with Crippen LogP contribution in [-0.4, -0.2) is 44.7 Å². The fraction of sp³-hybridized carbons (Fsp3) is 0.261. The molecule has 0 bridgehead atoms. The van der Waals surface area contributed by atoms with Crippen molar-refractivity contribution in [2.45, 2.75) is 19.8 Å². The van der Waals surface area contributed by atoms with E-state index in [0.717, 1.165) is 12.8 Å². The van der Waals surface area contributed by atoms with Gasteiger partial charge in [0.15, 0.2) is 5.82 Å². The first-order chi connectivity index (χ1) is 15.6. The van der Waals surface area contributed by atoms with E-state index in [2.05, 4.69) is 10.1 Å². The molecule has 0 radical (unpaired) electrons. The van der Waals surface area contributed by atoms with E-state index in [9.17, 15) is 4.79 Å². The molecule has 1 aliphatic heterocycles. The van der Waals surface area contributed by atoms with Gasteiger partial charge in [-0.2, -0.15) is 9.61 Å². The van der Waals surface area contributed by atoms with E-state index in [1.807, 2.05) is 24.3 Å². The summed E-state index contributed by atoms with van der Waals surface area (Å²) in [5, 5.41) is 4.57. The number of carbonyl (C=O) groups excluding carboxylic acids is 1. The van der Waals surface area contributed by atoms with E-state index in [4.69, 9.17) is 4.74 Å². The topological polar surface area (TPSA) is 64.1 Å². The Labute approximate surface area is 180 Å². The third kappa shape index (κ3) is 2.47. The molecule has 0 spiro atoms. The number of hydrogen-bond acceptors (Lipinski definition) is 5. The third-order valence-electron chi connectivity index (χ3n) is 6.07. The number of hydrogen-bond donors (Lipinski definition) is 0. The van der Waals surface area contributed by atoms with Crippen LogP contribution in [0, 0.1) is 11.6 Å². The summed E-state index contributed by atoms with van der Waals surface area (Å²) in [5.74, 6) is -1.61. The van der Waals surface area contributed by atoms with Crippen molar-refractivity contribution in [3.8, 4) is 0 Å². The zero-order valence-corrected chi connectivity index (χ0v) is 17.3. The minimum atomic E-state index is -0.673. The largest absolute Gasteiger partial charge is 0.462 e. The van der Waals surface area contributed by atoms with Crippen molar-refractivity contribution >= 4 is 44.9 Å². The lowest BCUT2D eigenvalue weighted by Gasteiger charge is -2.21. The Bertz CT molecular complexity index is 1550. The van der Waals surface area contributed by atoms with Crippen LogP contribution in [0.1, 0.15) is 30.1 Å². The van der Waals surface area contributed by atoms with Crippen LogP contribution in [0.15, 0.2) is 36.5 Å². The quantitative estimate of drug-likeness (QED) is 0.395. The minimum absolute atomic E-state index is 0.0457. The lowest BCUT2D eigenvalue weighted by atomic mass is 10.1. The predicted molar refractivity (Wildman–Crippen MR) is 116 cm³/mol. The fourth-order valence-electron chi connectivity index (χ4n) is 4.72. The maximum atomic E-state index is 16.2. The molecule has 1 aliphatic rings. The molecule has 0 unspecified atom stereocenters. The molecule has 9 heteroatoms. The molecule has 2 aromatic carbocycles. The second-order valence-electron chi connectivity index (χ2n) is 7.89. The van der Waals surface area contributed by atoms with E-state index < -0.39 is 17.6 Å². The van der Waals surface area contributed by atoms with Gasteiger partial charge >= 0.3 is 5.97 Å². The molecule has 4 heterocycles. The number of benzene rings is 2. The van der Waals surface area contributed by atoms with Gasteiger partial charge in [-0.25, -0.2) is 18.6 Å². The molecule has 3 aromatic heterocycles. The van der Waals surface area contributed by atoms with Crippen molar-refractivity contribution < 1.29 is 18.3 Å². The van der Waals surface area contributed by atoms with Crippen molar-refractivity contribution in [3.63, 3.8) is 0 Å². The number of imidazole rings is 1. The van der Waals surface area contributed by atoms with Gasteiger partial charge in [0.05, 0.1) is 34.9 Å². The molecule has 1 fully saturated rings. The monoisotopic (exact) mass is 435 g/mol. The first kappa shape index (κ1) is 19.0. The van der Waals surface area contributed by atoms with Crippen LogP contribution in [0.5, 0.6) is 0 Å². The van der Waals surface area contributed by atoms with Crippen molar-refractivity contribution in [1.82, 2.24) is 19.0 Å². The molecule has 162 valence electrons. The Balaban J connectivity index is 1.84. The van der Waals surface area contributed by atoms with Gasteiger partial charge in [-0.15, -0.1) is 0 Å². The molecule has 0 saturated carbocycles. The summed E-state index contributed by atoms with van der Waals surface area (Å²) in [5.41, 5.74) is 1.83. The average Bonchev–Trinajstić information content (AvgIpc) is 3.52. The summed E-state index contributed by atoms with van der Waals surface area (Å²) in [4.78, 5) is 19.0. The van der Waals surface area contributed by atoms with E-state index in [-0.39, 0.29) is 34.3 Å². The number of para-hydroxylation sites is 2. The second-order valence-corrected chi connectivity index (χ2v) is 7.89. The van der Waals surface area contributed by atoms with Crippen molar-refractivity contribution in [2.24, 2.45) is 0 Å². The summed E-state index contributed by atoms with van der Waals surface area (Å²) in [6.07, 6.45) is 3.13. The fourth-order valence-corrected chi connectivity index (χ4v) is 4.72. The molecule has 5 aromatic rings. The SMILES string of the molecule is CCOC(=O)c1cnn2c1c1cc(F)c(N3CCCC3)c(F)c1n1c3ccccc3nc21. The van der Waals surface area contributed by atoms with E-state index in [1.54, 1.807) is 16.2 Å². The highest BCUT2D eigenvalue weighted by Crippen LogP contribution is 2.37. The lowest BCUT2D eigenvalue weighted by Crippen LogP contribution is -2.21. The van der Waals surface area contributed by atoms with Crippen LogP contribution in [0.3, 0.4) is 0 Å². The van der Waals surface area contributed by atoms with Crippen LogP contribution in [0.25, 0.3) is 33.2 Å². The van der Waals surface area contributed by atoms with Gasteiger partial charge in [0.2, 0.25) is 5.78 Å². The van der Waals surface area contributed by atoms with Crippen LogP contribution in [-0.2, 0) is 4.74 Å². The van der Waals surface area contributed by atoms with Gasteiger partial charge in [-0.1, -0.05) is 12.1 Å². The Kier molecular flexibility index (Phi) is 4.08. The smallest absolute Gasteiger partial charge is 0.342 e. The third-order valence-corrected chi connectivity index (χ3v) is 6.07. The normalized spacial score (nSPS) is 14.4. The zero-order chi connectivity index (χ0) is 22.0. The molecule has 1 saturated heterocycles. The Morgan fingerprint density at radius 1 is 1.16 bits per heavy atom. The summed E-state index contributed by atoms with van der Waals surface area (Å²) < 4.78 is 39.7. The number of ether oxygens (including phenoxy) is 1. The van der Waals surface area contributed by atoms with Crippen LogP contribution < -0.4 is 4.90 Å². The van der Waals surface area contributed by atoms with E-state index in [1.165, 1.54) is 16.8 Å². The first-order valence-electron chi connectivity index (χ1n) is 10.6. The molecule has 0 aliphatic carbocycles. The van der Waals surface area contributed by atoms with Gasteiger partial charge < -0.3 is 9.64 Å². The van der Waals surface area contributed by atoms with E-state index in [0.29, 0.717) is 29.9 Å². The summed E-state index contributed by atoms with van der Waals surface area (Å²) in [6, 6.07) is 8.61. The van der Waals surface area contributed by atoms with Crippen molar-refractivity contribution in [3.05, 3.63) is 53.7 Å². The van der Waals surface area contributed by atoms with E-state index >= 15 is 8.78 Å². The molecule has 0 atom stereocenters. The molecule has 0 amide bonds. The van der Waals surface area contributed by atoms with Crippen molar-refractivity contribution in [2.75, 3.05) is 24.6 Å². The van der Waals surface area contributed by atoms with Gasteiger partial charge in [0.1, 0.15) is 17.1 Å². The maximum Gasteiger partial charge on any atom is 0.342 e. The predicted octanol–water partition coefficient (Wildman–Crippen LogP) is 4.34. The molecule has 32 heavy (non-hydrogen) atoms. The highest BCUT2D eigenvalue weighted by molar-refractivity contribution is 6.09. The highest BCUT2D eigenvalue weighted by Gasteiger charge is 2.28. The van der Waals surface area contributed by atoms with Crippen LogP contribution in [0.4, 0.5) is 14.5 Å². The molecule has 6 rings (SSSR count). The van der Waals surface area contributed by atoms with Crippen LogP contribution in [0.2, 0.25) is 0 Å². The summed E-state index contributed by atoms with van der Waals surface area (Å²) in [6.45, 7) is 3.06. The number of nitrogens with zero attached hydrogens (tertiary/aromatic N) is 5. The van der Waals surface area contributed by atoms with Gasteiger partial charge in [0.25, 0.3) is 0 Å². The standard InChI is InChI=1S/C23H19F2N5O2/c1-2-32-22(31)14-12-26-30-19(14)13-11-15(24)21(28-9-5-6-10-28)18(25)20(13)29-17-8-4-3-7-16(17)27-23(29)30/h3-4,7-8,11-12H,2,5-6,9-10H2,1H3. The Morgan fingerprint density at radius 2 is 1.94 bits per heavy atom. The van der Waals surface area contributed by atoms with Crippen molar-refractivity contribution in [1.29, 1.82) is 0 Å². The number of anilines is 1. The number of carbonyl (C=O) groups is 1. The molecular formula is C23H19F2N5O2. The van der Waals surface area contributed by atoms with Gasteiger partial charge in [-0.05, 0) is 38.0 Å². The number of rotatable bonds is 3. The zero-order valence-electron chi connectivity index (χ0n) is 17.3. The summed E-state index contributed by atoms with van der Waals surface area (Å²) in [7, 11) is 0. The minimum Gasteiger partial charge on any atom is -0.462 e. The molecular weight excluding hydrogens is 416 g/mol. The second kappa shape index (κ2) is 6.88. The lowest BCUT2D eigenvalue weighted by molar-refractivity contribution is 0.0528. The first-order valence-corrected chi connectivity index (χ1v) is 10.6. The number of esters is 1. The number of aromatic nitrogens is 4. The highest BCUT2D eigenvalue weighted by atomic mass is 19.1. The number of fused-ring (bicyclic) bond motifs is 8. The van der Waals surface area contributed by atoms with Gasteiger partial charge in [-0.3, -0.25) is 4.40 Å². The Hall–Kier alpha value is -3.75.